The summed E-state index contributed by atoms with van der Waals surface area (Å²) < 4.78 is 0. The average Bonchev–Trinajstić information content (AvgIpc) is 2.43. The lowest BCUT2D eigenvalue weighted by molar-refractivity contribution is 0.413. The summed E-state index contributed by atoms with van der Waals surface area (Å²) in [6.07, 6.45) is 3.09. The molecule has 0 unspecified atom stereocenters. The molecule has 0 aliphatic rings. The van der Waals surface area contributed by atoms with Crippen LogP contribution >= 0.6 is 0 Å². The molecule has 1 rings (SSSR count). The van der Waals surface area contributed by atoms with Crippen molar-refractivity contribution in [1.29, 1.82) is 0 Å². The first kappa shape index (κ1) is 17.9. The highest BCUT2D eigenvalue weighted by atomic mass is 15.2. The zero-order valence-corrected chi connectivity index (χ0v) is 14.4. The highest BCUT2D eigenvalue weighted by molar-refractivity contribution is 5.46. The molecule has 120 valence electrons. The third kappa shape index (κ3) is 7.44. The van der Waals surface area contributed by atoms with E-state index in [2.05, 4.69) is 67.1 Å². The van der Waals surface area contributed by atoms with Crippen LogP contribution in [0.3, 0.4) is 0 Å². The fourth-order valence-corrected chi connectivity index (χ4v) is 2.21. The topological polar surface area (TPSA) is 31.4 Å². The summed E-state index contributed by atoms with van der Waals surface area (Å²) in [7, 11) is 4.25. The van der Waals surface area contributed by atoms with Gasteiger partial charge in [-0.25, -0.2) is 0 Å². The minimum atomic E-state index is 0.671. The Labute approximate surface area is 130 Å². The molecule has 4 nitrogen and oxygen atoms in total. The second-order valence-electron chi connectivity index (χ2n) is 6.32. The van der Waals surface area contributed by atoms with Crippen LogP contribution in [0.5, 0.6) is 0 Å². The molecule has 0 spiro atoms. The van der Waals surface area contributed by atoms with Gasteiger partial charge >= 0.3 is 0 Å². The van der Waals surface area contributed by atoms with Crippen molar-refractivity contribution >= 4 is 5.69 Å². The standard InChI is InChI=1S/C17H32N4/c1-6-9-21(11-10-20(4)5)17-7-8-19-16(12-17)14-18-13-15(2)3/h7-8,12,15,18H,6,9-11,13-14H2,1-5H3. The largest absolute Gasteiger partial charge is 0.370 e. The number of nitrogens with one attached hydrogen (secondary N) is 1. The first-order valence-corrected chi connectivity index (χ1v) is 8.08. The highest BCUT2D eigenvalue weighted by Gasteiger charge is 2.07. The van der Waals surface area contributed by atoms with Crippen LogP contribution in [-0.4, -0.2) is 50.2 Å². The molecule has 1 heterocycles. The summed E-state index contributed by atoms with van der Waals surface area (Å²) >= 11 is 0. The summed E-state index contributed by atoms with van der Waals surface area (Å²) in [5.74, 6) is 0.671. The van der Waals surface area contributed by atoms with Gasteiger partial charge in [0.15, 0.2) is 0 Å². The van der Waals surface area contributed by atoms with E-state index in [0.717, 1.165) is 44.8 Å². The number of likely N-dealkylation sites (N-methyl/N-ethyl adjacent to an activating group) is 1. The molecule has 1 aromatic rings. The number of pyridine rings is 1. The van der Waals surface area contributed by atoms with E-state index in [1.54, 1.807) is 0 Å². The second kappa shape index (κ2) is 9.74. The van der Waals surface area contributed by atoms with Gasteiger partial charge in [-0.3, -0.25) is 4.98 Å². The van der Waals surface area contributed by atoms with Gasteiger partial charge in [0.2, 0.25) is 0 Å². The number of aromatic nitrogens is 1. The molecule has 1 N–H and O–H groups in total. The molecule has 4 heteroatoms. The van der Waals surface area contributed by atoms with Gasteiger partial charge in [-0.2, -0.15) is 0 Å². The monoisotopic (exact) mass is 292 g/mol. The predicted molar refractivity (Wildman–Crippen MR) is 91.8 cm³/mol. The number of anilines is 1. The van der Waals surface area contributed by atoms with E-state index < -0.39 is 0 Å². The van der Waals surface area contributed by atoms with Gasteiger partial charge in [-0.05, 0) is 45.1 Å². The Morgan fingerprint density at radius 1 is 1.19 bits per heavy atom. The van der Waals surface area contributed by atoms with Crippen LogP contribution in [0.4, 0.5) is 5.69 Å². The van der Waals surface area contributed by atoms with Crippen LogP contribution in [0.1, 0.15) is 32.9 Å². The molecule has 0 bridgehead atoms. The number of rotatable bonds is 10. The minimum Gasteiger partial charge on any atom is -0.370 e. The molecule has 0 saturated heterocycles. The number of hydrogen-bond donors (Lipinski definition) is 1. The van der Waals surface area contributed by atoms with E-state index in [4.69, 9.17) is 0 Å². The van der Waals surface area contributed by atoms with Gasteiger partial charge in [-0.1, -0.05) is 20.8 Å². The first-order chi connectivity index (χ1) is 10.0. The van der Waals surface area contributed by atoms with Crippen LogP contribution in [0.15, 0.2) is 18.3 Å². The molecule has 0 amide bonds. The molecule has 0 fully saturated rings. The van der Waals surface area contributed by atoms with Gasteiger partial charge in [-0.15, -0.1) is 0 Å². The number of nitrogens with zero attached hydrogens (tertiary/aromatic N) is 3. The van der Waals surface area contributed by atoms with Gasteiger partial charge in [0.25, 0.3) is 0 Å². The van der Waals surface area contributed by atoms with Crippen molar-refractivity contribution in [2.24, 2.45) is 5.92 Å². The van der Waals surface area contributed by atoms with Crippen LogP contribution < -0.4 is 10.2 Å². The van der Waals surface area contributed by atoms with Crippen molar-refractivity contribution in [3.8, 4) is 0 Å². The van der Waals surface area contributed by atoms with Gasteiger partial charge in [0.1, 0.15) is 0 Å². The fraction of sp³-hybridized carbons (Fsp3) is 0.706. The van der Waals surface area contributed by atoms with E-state index in [0.29, 0.717) is 5.92 Å². The minimum absolute atomic E-state index is 0.671. The quantitative estimate of drug-likeness (QED) is 0.718. The predicted octanol–water partition coefficient (Wildman–Crippen LogP) is 2.61. The average molecular weight is 292 g/mol. The van der Waals surface area contributed by atoms with Crippen molar-refractivity contribution in [1.82, 2.24) is 15.2 Å². The van der Waals surface area contributed by atoms with Gasteiger partial charge < -0.3 is 15.1 Å². The first-order valence-electron chi connectivity index (χ1n) is 8.08. The maximum Gasteiger partial charge on any atom is 0.0562 e. The molecule has 1 aromatic heterocycles. The van der Waals surface area contributed by atoms with Crippen molar-refractivity contribution < 1.29 is 0 Å². The van der Waals surface area contributed by atoms with Crippen molar-refractivity contribution in [3.63, 3.8) is 0 Å². The molecular formula is C17H32N4. The maximum atomic E-state index is 4.47. The van der Waals surface area contributed by atoms with Crippen LogP contribution in [0.25, 0.3) is 0 Å². The molecule has 0 radical (unpaired) electrons. The molecular weight excluding hydrogens is 260 g/mol. The Morgan fingerprint density at radius 3 is 2.57 bits per heavy atom. The van der Waals surface area contributed by atoms with Crippen LogP contribution in [0.2, 0.25) is 0 Å². The summed E-state index contributed by atoms with van der Waals surface area (Å²) in [4.78, 5) is 9.16. The second-order valence-corrected chi connectivity index (χ2v) is 6.32. The van der Waals surface area contributed by atoms with Gasteiger partial charge in [0.05, 0.1) is 5.69 Å². The Kier molecular flexibility index (Phi) is 8.31. The van der Waals surface area contributed by atoms with Gasteiger partial charge in [0, 0.05) is 38.1 Å². The summed E-state index contributed by atoms with van der Waals surface area (Å²) in [5.41, 5.74) is 2.41. The maximum absolute atomic E-state index is 4.47. The third-order valence-electron chi connectivity index (χ3n) is 3.33. The Morgan fingerprint density at radius 2 is 1.95 bits per heavy atom. The molecule has 0 aliphatic heterocycles. The SMILES string of the molecule is CCCN(CCN(C)C)c1ccnc(CNCC(C)C)c1. The number of hydrogen-bond acceptors (Lipinski definition) is 4. The van der Waals surface area contributed by atoms with Crippen molar-refractivity contribution in [3.05, 3.63) is 24.0 Å². The molecule has 21 heavy (non-hydrogen) atoms. The zero-order chi connectivity index (χ0) is 15.7. The Balaban J connectivity index is 2.65. The summed E-state index contributed by atoms with van der Waals surface area (Å²) in [5, 5.41) is 3.46. The Hall–Kier alpha value is -1.13. The molecule has 0 aliphatic carbocycles. The third-order valence-corrected chi connectivity index (χ3v) is 3.33. The van der Waals surface area contributed by atoms with Crippen LogP contribution in [-0.2, 0) is 6.54 Å². The van der Waals surface area contributed by atoms with E-state index in [1.165, 1.54) is 5.69 Å². The van der Waals surface area contributed by atoms with Crippen LogP contribution in [0, 0.1) is 5.92 Å². The fourth-order valence-electron chi connectivity index (χ4n) is 2.21. The smallest absolute Gasteiger partial charge is 0.0562 e. The lowest BCUT2D eigenvalue weighted by Gasteiger charge is -2.26. The summed E-state index contributed by atoms with van der Waals surface area (Å²) in [6, 6.07) is 4.34. The van der Waals surface area contributed by atoms with E-state index >= 15 is 0 Å². The van der Waals surface area contributed by atoms with E-state index in [-0.39, 0.29) is 0 Å². The van der Waals surface area contributed by atoms with Crippen molar-refractivity contribution in [2.75, 3.05) is 45.2 Å². The molecule has 0 atom stereocenters. The lowest BCUT2D eigenvalue weighted by atomic mass is 10.2. The van der Waals surface area contributed by atoms with Crippen molar-refractivity contribution in [2.45, 2.75) is 33.7 Å². The van der Waals surface area contributed by atoms with E-state index in [9.17, 15) is 0 Å². The zero-order valence-electron chi connectivity index (χ0n) is 14.4. The highest BCUT2D eigenvalue weighted by Crippen LogP contribution is 2.15. The van der Waals surface area contributed by atoms with E-state index in [1.807, 2.05) is 6.20 Å². The normalized spacial score (nSPS) is 11.4. The molecule has 0 saturated carbocycles. The lowest BCUT2D eigenvalue weighted by Crippen LogP contribution is -2.32. The molecule has 0 aromatic carbocycles. The Bertz CT molecular complexity index is 390. The summed E-state index contributed by atoms with van der Waals surface area (Å²) in [6.45, 7) is 11.8.